The normalized spacial score (nSPS) is 19.1. The van der Waals surface area contributed by atoms with E-state index in [4.69, 9.17) is 9.47 Å². The highest BCUT2D eigenvalue weighted by Gasteiger charge is 2.38. The summed E-state index contributed by atoms with van der Waals surface area (Å²) in [7, 11) is 5.83. The Morgan fingerprint density at radius 3 is 2.34 bits per heavy atom. The van der Waals surface area contributed by atoms with Gasteiger partial charge in [-0.1, -0.05) is 29.8 Å². The smallest absolute Gasteiger partial charge is 0.270 e. The van der Waals surface area contributed by atoms with E-state index in [1.807, 2.05) is 0 Å². The number of amides is 1. The van der Waals surface area contributed by atoms with Gasteiger partial charge in [-0.2, -0.15) is 0 Å². The lowest BCUT2D eigenvalue weighted by Gasteiger charge is -2.45. The third-order valence-corrected chi connectivity index (χ3v) is 7.52. The molecule has 1 fully saturated rings. The molecule has 1 aliphatic carbocycles. The molecule has 0 bridgehead atoms. The summed E-state index contributed by atoms with van der Waals surface area (Å²) in [6, 6.07) is 19.6. The van der Waals surface area contributed by atoms with Gasteiger partial charge >= 0.3 is 0 Å². The maximum absolute atomic E-state index is 13.4. The van der Waals surface area contributed by atoms with Crippen LogP contribution in [0.2, 0.25) is 0 Å². The summed E-state index contributed by atoms with van der Waals surface area (Å²) in [6.45, 7) is 2.11. The number of nitrogens with zero attached hydrogens (tertiary/aromatic N) is 2. The largest absolute Gasteiger partial charge is 0.497 e. The molecule has 200 valence electrons. The van der Waals surface area contributed by atoms with Gasteiger partial charge < -0.3 is 19.7 Å². The molecule has 0 aromatic heterocycles. The van der Waals surface area contributed by atoms with Crippen LogP contribution in [-0.2, 0) is 6.42 Å². The molecule has 8 nitrogen and oxygen atoms in total. The number of carbonyl (C=O) groups is 1. The molecule has 0 spiro atoms. The summed E-state index contributed by atoms with van der Waals surface area (Å²) in [6.07, 6.45) is 4.46. The van der Waals surface area contributed by atoms with E-state index in [1.54, 1.807) is 31.4 Å². The van der Waals surface area contributed by atoms with E-state index in [-0.39, 0.29) is 34.5 Å². The summed E-state index contributed by atoms with van der Waals surface area (Å²) >= 11 is 0. The topological polar surface area (TPSA) is 93.9 Å². The standard InChI is InChI=1S/C30H35N3O5/c1-21-6-5-7-22(18-21)20-30(32(2)3)16-14-23(15-17-30)31-29(34)27-19-24(33(35)36)8-13-28(27)38-26-11-9-25(37-4)10-12-26/h5-13,18-19,23H,14-17,20H2,1-4H3,(H,31,34). The number of likely N-dealkylation sites (N-methyl/N-ethyl adjacent to an activating group) is 1. The van der Waals surface area contributed by atoms with Crippen molar-refractivity contribution in [3.05, 3.63) is 93.5 Å². The number of rotatable bonds is 9. The van der Waals surface area contributed by atoms with Crippen LogP contribution in [0.3, 0.4) is 0 Å². The molecular weight excluding hydrogens is 482 g/mol. The van der Waals surface area contributed by atoms with E-state index in [0.717, 1.165) is 32.1 Å². The highest BCUT2D eigenvalue weighted by atomic mass is 16.6. The first-order chi connectivity index (χ1) is 18.2. The highest BCUT2D eigenvalue weighted by Crippen LogP contribution is 2.36. The molecule has 1 N–H and O–H groups in total. The average Bonchev–Trinajstić information content (AvgIpc) is 2.90. The molecule has 3 aromatic carbocycles. The number of methoxy groups -OCH3 is 1. The molecule has 3 aromatic rings. The quantitative estimate of drug-likeness (QED) is 0.280. The molecule has 0 aliphatic heterocycles. The van der Waals surface area contributed by atoms with Crippen molar-refractivity contribution in [3.63, 3.8) is 0 Å². The van der Waals surface area contributed by atoms with Crippen molar-refractivity contribution in [2.45, 2.75) is 50.6 Å². The van der Waals surface area contributed by atoms with E-state index >= 15 is 0 Å². The highest BCUT2D eigenvalue weighted by molar-refractivity contribution is 5.98. The van der Waals surface area contributed by atoms with Gasteiger partial charge in [0.2, 0.25) is 0 Å². The minimum atomic E-state index is -0.509. The zero-order valence-electron chi connectivity index (χ0n) is 22.4. The number of aryl methyl sites for hydroxylation is 1. The maximum atomic E-state index is 13.4. The van der Waals surface area contributed by atoms with Gasteiger partial charge in [0, 0.05) is 23.7 Å². The third-order valence-electron chi connectivity index (χ3n) is 7.52. The van der Waals surface area contributed by atoms with Crippen molar-refractivity contribution in [2.24, 2.45) is 0 Å². The zero-order valence-corrected chi connectivity index (χ0v) is 22.4. The second kappa shape index (κ2) is 11.6. The van der Waals surface area contributed by atoms with Crippen molar-refractivity contribution >= 4 is 11.6 Å². The van der Waals surface area contributed by atoms with Gasteiger partial charge in [0.25, 0.3) is 11.6 Å². The van der Waals surface area contributed by atoms with E-state index in [2.05, 4.69) is 55.5 Å². The van der Waals surface area contributed by atoms with Gasteiger partial charge in [-0.15, -0.1) is 0 Å². The van der Waals surface area contributed by atoms with Crippen LogP contribution < -0.4 is 14.8 Å². The molecule has 0 heterocycles. The Balaban J connectivity index is 1.48. The first kappa shape index (κ1) is 27.1. The monoisotopic (exact) mass is 517 g/mol. The van der Waals surface area contributed by atoms with Crippen LogP contribution in [0.4, 0.5) is 5.69 Å². The molecule has 38 heavy (non-hydrogen) atoms. The third kappa shape index (κ3) is 6.31. The molecule has 1 saturated carbocycles. The molecule has 1 amide bonds. The Labute approximate surface area is 223 Å². The van der Waals surface area contributed by atoms with Crippen molar-refractivity contribution in [3.8, 4) is 17.2 Å². The number of carbonyl (C=O) groups excluding carboxylic acids is 1. The van der Waals surface area contributed by atoms with Gasteiger partial charge in [-0.3, -0.25) is 14.9 Å². The van der Waals surface area contributed by atoms with Crippen LogP contribution in [-0.4, -0.2) is 48.5 Å². The fraction of sp³-hybridized carbons (Fsp3) is 0.367. The molecule has 4 rings (SSSR count). The van der Waals surface area contributed by atoms with E-state index in [9.17, 15) is 14.9 Å². The van der Waals surface area contributed by atoms with Gasteiger partial charge in [-0.25, -0.2) is 0 Å². The molecule has 0 atom stereocenters. The fourth-order valence-corrected chi connectivity index (χ4v) is 5.22. The molecule has 1 aliphatic rings. The Morgan fingerprint density at radius 1 is 1.05 bits per heavy atom. The van der Waals surface area contributed by atoms with Gasteiger partial charge in [0.05, 0.1) is 17.6 Å². The van der Waals surface area contributed by atoms with Crippen LogP contribution >= 0.6 is 0 Å². The summed E-state index contributed by atoms with van der Waals surface area (Å²) < 4.78 is 11.1. The SMILES string of the molecule is COc1ccc(Oc2ccc([N+](=O)[O-])cc2C(=O)NC2CCC(Cc3cccc(C)c3)(N(C)C)CC2)cc1. The number of ether oxygens (including phenoxy) is 2. The summed E-state index contributed by atoms with van der Waals surface area (Å²) in [5, 5.41) is 14.5. The first-order valence-electron chi connectivity index (χ1n) is 12.8. The van der Waals surface area contributed by atoms with Gasteiger partial charge in [0.1, 0.15) is 17.2 Å². The summed E-state index contributed by atoms with van der Waals surface area (Å²) in [5.74, 6) is 1.06. The van der Waals surface area contributed by atoms with E-state index in [1.165, 1.54) is 29.3 Å². The molecule has 0 unspecified atom stereocenters. The van der Waals surface area contributed by atoms with Crippen molar-refractivity contribution in [1.82, 2.24) is 10.2 Å². The number of nitro groups is 1. The average molecular weight is 518 g/mol. The number of hydrogen-bond acceptors (Lipinski definition) is 6. The number of hydrogen-bond donors (Lipinski definition) is 1. The minimum Gasteiger partial charge on any atom is -0.497 e. The minimum absolute atomic E-state index is 0.0171. The van der Waals surface area contributed by atoms with Crippen LogP contribution in [0, 0.1) is 17.0 Å². The predicted molar refractivity (Wildman–Crippen MR) is 147 cm³/mol. The summed E-state index contributed by atoms with van der Waals surface area (Å²) in [5.41, 5.74) is 2.56. The fourth-order valence-electron chi connectivity index (χ4n) is 5.22. The lowest BCUT2D eigenvalue weighted by atomic mass is 9.74. The van der Waals surface area contributed by atoms with Crippen LogP contribution in [0.15, 0.2) is 66.7 Å². The Kier molecular flexibility index (Phi) is 8.32. The number of non-ortho nitro benzene ring substituents is 1. The van der Waals surface area contributed by atoms with Crippen molar-refractivity contribution in [1.29, 1.82) is 0 Å². The molecular formula is C30H35N3O5. The Morgan fingerprint density at radius 2 is 1.74 bits per heavy atom. The lowest BCUT2D eigenvalue weighted by molar-refractivity contribution is -0.384. The lowest BCUT2D eigenvalue weighted by Crippen LogP contribution is -2.52. The number of benzene rings is 3. The van der Waals surface area contributed by atoms with Gasteiger partial charge in [0.15, 0.2) is 0 Å². The van der Waals surface area contributed by atoms with E-state index < -0.39 is 4.92 Å². The van der Waals surface area contributed by atoms with Crippen LogP contribution in [0.1, 0.15) is 47.2 Å². The second-order valence-corrected chi connectivity index (χ2v) is 10.2. The van der Waals surface area contributed by atoms with Crippen LogP contribution in [0.5, 0.6) is 17.2 Å². The van der Waals surface area contributed by atoms with E-state index in [0.29, 0.717) is 11.5 Å². The Bertz CT molecular complexity index is 1280. The molecule has 0 saturated heterocycles. The van der Waals surface area contributed by atoms with Crippen molar-refractivity contribution < 1.29 is 19.2 Å². The Hall–Kier alpha value is -3.91. The number of nitrogens with one attached hydrogen (secondary N) is 1. The maximum Gasteiger partial charge on any atom is 0.270 e. The van der Waals surface area contributed by atoms with Gasteiger partial charge in [-0.05, 0) is 89.0 Å². The number of nitro benzene ring substituents is 1. The molecule has 0 radical (unpaired) electrons. The summed E-state index contributed by atoms with van der Waals surface area (Å²) in [4.78, 5) is 26.6. The molecule has 8 heteroatoms. The second-order valence-electron chi connectivity index (χ2n) is 10.2. The predicted octanol–water partition coefficient (Wildman–Crippen LogP) is 5.92. The van der Waals surface area contributed by atoms with Crippen LogP contribution in [0.25, 0.3) is 0 Å². The first-order valence-corrected chi connectivity index (χ1v) is 12.8. The van der Waals surface area contributed by atoms with Crippen molar-refractivity contribution in [2.75, 3.05) is 21.2 Å². The zero-order chi connectivity index (χ0) is 27.3.